The fraction of sp³-hybridized carbons (Fsp3) is 0.538. The van der Waals surface area contributed by atoms with Crippen LogP contribution in [0.15, 0.2) is 22.7 Å². The van der Waals surface area contributed by atoms with Crippen LogP contribution in [0.2, 0.25) is 5.02 Å². The molecule has 0 fully saturated rings. The summed E-state index contributed by atoms with van der Waals surface area (Å²) in [7, 11) is 1.97. The van der Waals surface area contributed by atoms with Crippen LogP contribution >= 0.6 is 27.5 Å². The van der Waals surface area contributed by atoms with Crippen molar-refractivity contribution in [3.63, 3.8) is 0 Å². The third kappa shape index (κ3) is 5.24. The molecule has 0 amide bonds. The van der Waals surface area contributed by atoms with Gasteiger partial charge in [-0.05, 0) is 44.6 Å². The van der Waals surface area contributed by atoms with Gasteiger partial charge in [0.05, 0.1) is 6.10 Å². The summed E-state index contributed by atoms with van der Waals surface area (Å²) in [6, 6.07) is 5.67. The van der Waals surface area contributed by atoms with Crippen LogP contribution in [0.3, 0.4) is 0 Å². The number of likely N-dealkylation sites (N-methyl/N-ethyl adjacent to an activating group) is 1. The average molecular weight is 336 g/mol. The molecule has 0 bridgehead atoms. The summed E-state index contributed by atoms with van der Waals surface area (Å²) in [6.07, 6.45) is 0.493. The highest BCUT2D eigenvalue weighted by Gasteiger charge is 2.12. The molecule has 0 saturated carbocycles. The second-order valence-corrected chi connectivity index (χ2v) is 6.00. The molecule has 0 aliphatic heterocycles. The molecule has 2 unspecified atom stereocenters. The molecule has 0 aliphatic carbocycles. The van der Waals surface area contributed by atoms with Gasteiger partial charge in [0.25, 0.3) is 0 Å². The Morgan fingerprint density at radius 2 is 2.17 bits per heavy atom. The summed E-state index contributed by atoms with van der Waals surface area (Å²) in [5.74, 6) is 0. The first kappa shape index (κ1) is 15.9. The molecule has 0 aromatic heterocycles. The molecule has 0 aliphatic rings. The first-order valence-electron chi connectivity index (χ1n) is 5.97. The Bertz CT molecular complexity index is 387. The number of halogens is 2. The predicted octanol–water partition coefficient (Wildman–Crippen LogP) is 2.81. The van der Waals surface area contributed by atoms with E-state index in [9.17, 15) is 5.11 Å². The largest absolute Gasteiger partial charge is 0.392 e. The quantitative estimate of drug-likeness (QED) is 0.840. The van der Waals surface area contributed by atoms with E-state index in [0.717, 1.165) is 23.0 Å². The van der Waals surface area contributed by atoms with Gasteiger partial charge in [0.15, 0.2) is 0 Å². The zero-order chi connectivity index (χ0) is 13.7. The van der Waals surface area contributed by atoms with Gasteiger partial charge in [0.2, 0.25) is 0 Å². The normalized spacial score (nSPS) is 14.8. The van der Waals surface area contributed by atoms with Crippen molar-refractivity contribution < 1.29 is 5.11 Å². The van der Waals surface area contributed by atoms with Gasteiger partial charge in [-0.15, -0.1) is 0 Å². The molecule has 18 heavy (non-hydrogen) atoms. The van der Waals surface area contributed by atoms with Gasteiger partial charge in [-0.2, -0.15) is 0 Å². The fourth-order valence-electron chi connectivity index (χ4n) is 1.86. The Labute approximate surface area is 122 Å². The van der Waals surface area contributed by atoms with Crippen molar-refractivity contribution in [1.82, 2.24) is 4.90 Å². The van der Waals surface area contributed by atoms with Gasteiger partial charge in [0, 0.05) is 22.1 Å². The topological polar surface area (TPSA) is 49.5 Å². The number of hydrogen-bond acceptors (Lipinski definition) is 3. The van der Waals surface area contributed by atoms with E-state index in [2.05, 4.69) is 20.8 Å². The van der Waals surface area contributed by atoms with E-state index in [1.807, 2.05) is 25.2 Å². The minimum absolute atomic E-state index is 0.0814. The van der Waals surface area contributed by atoms with Crippen LogP contribution in [0.1, 0.15) is 24.9 Å². The number of benzene rings is 1. The van der Waals surface area contributed by atoms with Gasteiger partial charge < -0.3 is 15.7 Å². The molecule has 0 saturated heterocycles. The number of rotatable bonds is 6. The molecular formula is C13H20BrClN2O. The van der Waals surface area contributed by atoms with Gasteiger partial charge in [-0.25, -0.2) is 0 Å². The number of nitrogens with zero attached hydrogens (tertiary/aromatic N) is 1. The predicted molar refractivity (Wildman–Crippen MR) is 79.9 cm³/mol. The van der Waals surface area contributed by atoms with Crippen LogP contribution in [0.25, 0.3) is 0 Å². The maximum atomic E-state index is 9.28. The second-order valence-electron chi connectivity index (χ2n) is 4.67. The molecule has 2 atom stereocenters. The molecule has 1 aromatic rings. The highest BCUT2D eigenvalue weighted by molar-refractivity contribution is 9.10. The van der Waals surface area contributed by atoms with Gasteiger partial charge in [-0.3, -0.25) is 0 Å². The average Bonchev–Trinajstić information content (AvgIpc) is 2.25. The van der Waals surface area contributed by atoms with Crippen molar-refractivity contribution in [2.75, 3.05) is 20.1 Å². The summed E-state index contributed by atoms with van der Waals surface area (Å²) in [5.41, 5.74) is 7.10. The van der Waals surface area contributed by atoms with Crippen molar-refractivity contribution >= 4 is 27.5 Å². The van der Waals surface area contributed by atoms with Gasteiger partial charge in [-0.1, -0.05) is 33.6 Å². The summed E-state index contributed by atoms with van der Waals surface area (Å²) in [4.78, 5) is 2.07. The Hall–Kier alpha value is -0.130. The lowest BCUT2D eigenvalue weighted by atomic mass is 10.0. The van der Waals surface area contributed by atoms with E-state index < -0.39 is 0 Å². The third-order valence-corrected chi connectivity index (χ3v) is 3.58. The molecule has 3 nitrogen and oxygen atoms in total. The number of nitrogens with two attached hydrogens (primary N) is 1. The molecule has 1 aromatic carbocycles. The number of aliphatic hydroxyl groups is 1. The van der Waals surface area contributed by atoms with Crippen molar-refractivity contribution in [2.45, 2.75) is 25.5 Å². The monoisotopic (exact) mass is 334 g/mol. The van der Waals surface area contributed by atoms with Gasteiger partial charge >= 0.3 is 0 Å². The van der Waals surface area contributed by atoms with Crippen LogP contribution in [0, 0.1) is 0 Å². The molecule has 1 rings (SSSR count). The lowest BCUT2D eigenvalue weighted by Gasteiger charge is -2.21. The van der Waals surface area contributed by atoms with E-state index in [4.69, 9.17) is 17.3 Å². The smallest absolute Gasteiger partial charge is 0.0638 e. The lowest BCUT2D eigenvalue weighted by Crippen LogP contribution is -2.30. The summed E-state index contributed by atoms with van der Waals surface area (Å²) in [5, 5.41) is 9.97. The Morgan fingerprint density at radius 3 is 2.72 bits per heavy atom. The highest BCUT2D eigenvalue weighted by Crippen LogP contribution is 2.26. The first-order valence-corrected chi connectivity index (χ1v) is 7.14. The van der Waals surface area contributed by atoms with Crippen molar-refractivity contribution in [3.05, 3.63) is 33.3 Å². The standard InChI is InChI=1S/C13H20BrClN2O/c1-9(18)8-17(2)6-5-13(16)11-4-3-10(14)7-12(11)15/h3-4,7,9,13,18H,5-6,8,16H2,1-2H3. The van der Waals surface area contributed by atoms with E-state index >= 15 is 0 Å². The first-order chi connectivity index (χ1) is 8.40. The van der Waals surface area contributed by atoms with Crippen LogP contribution in [0.4, 0.5) is 0 Å². The molecular weight excluding hydrogens is 316 g/mol. The van der Waals surface area contributed by atoms with Crippen molar-refractivity contribution in [2.24, 2.45) is 5.73 Å². The van der Waals surface area contributed by atoms with Crippen molar-refractivity contribution in [3.8, 4) is 0 Å². The van der Waals surface area contributed by atoms with E-state index in [1.54, 1.807) is 6.92 Å². The Kier molecular flexibility index (Phi) is 6.60. The fourth-order valence-corrected chi connectivity index (χ4v) is 2.67. The van der Waals surface area contributed by atoms with Crippen molar-refractivity contribution in [1.29, 1.82) is 0 Å². The van der Waals surface area contributed by atoms with E-state index in [0.29, 0.717) is 11.6 Å². The minimum Gasteiger partial charge on any atom is -0.392 e. The Balaban J connectivity index is 2.52. The van der Waals surface area contributed by atoms with Crippen LogP contribution < -0.4 is 5.73 Å². The molecule has 3 N–H and O–H groups in total. The summed E-state index contributed by atoms with van der Waals surface area (Å²) >= 11 is 9.53. The minimum atomic E-state index is -0.317. The lowest BCUT2D eigenvalue weighted by molar-refractivity contribution is 0.139. The zero-order valence-corrected chi connectivity index (χ0v) is 13.1. The van der Waals surface area contributed by atoms with Crippen LogP contribution in [-0.2, 0) is 0 Å². The third-order valence-electron chi connectivity index (χ3n) is 2.76. The number of aliphatic hydroxyl groups excluding tert-OH is 1. The molecule has 102 valence electrons. The SMILES string of the molecule is CC(O)CN(C)CCC(N)c1ccc(Br)cc1Cl. The van der Waals surface area contributed by atoms with E-state index in [1.165, 1.54) is 0 Å². The van der Waals surface area contributed by atoms with E-state index in [-0.39, 0.29) is 12.1 Å². The maximum Gasteiger partial charge on any atom is 0.0638 e. The molecule has 0 spiro atoms. The molecule has 0 heterocycles. The maximum absolute atomic E-state index is 9.28. The molecule has 0 radical (unpaired) electrons. The van der Waals surface area contributed by atoms with Gasteiger partial charge in [0.1, 0.15) is 0 Å². The van der Waals surface area contributed by atoms with Crippen LogP contribution in [-0.4, -0.2) is 36.2 Å². The second kappa shape index (κ2) is 7.46. The Morgan fingerprint density at radius 1 is 1.50 bits per heavy atom. The molecule has 5 heteroatoms. The summed E-state index contributed by atoms with van der Waals surface area (Å²) in [6.45, 7) is 3.27. The highest BCUT2D eigenvalue weighted by atomic mass is 79.9. The van der Waals surface area contributed by atoms with Crippen LogP contribution in [0.5, 0.6) is 0 Å². The number of hydrogen-bond donors (Lipinski definition) is 2. The summed E-state index contributed by atoms with van der Waals surface area (Å²) < 4.78 is 0.953. The zero-order valence-electron chi connectivity index (χ0n) is 10.7.